The van der Waals surface area contributed by atoms with Gasteiger partial charge in [-0.1, -0.05) is 150 Å². The van der Waals surface area contributed by atoms with E-state index in [1.807, 2.05) is 0 Å². The number of hydrogen-bond acceptors (Lipinski definition) is 0. The van der Waals surface area contributed by atoms with Crippen LogP contribution < -0.4 is 26.5 Å². The van der Waals surface area contributed by atoms with Gasteiger partial charge in [-0.2, -0.15) is 12.1 Å². The predicted octanol–water partition coefficient (Wildman–Crippen LogP) is 9.79. The average molecular weight is 774 g/mol. The van der Waals surface area contributed by atoms with Gasteiger partial charge in [0.25, 0.3) is 0 Å². The molecule has 0 amide bonds. The van der Waals surface area contributed by atoms with E-state index in [4.69, 9.17) is 11.6 Å². The van der Waals surface area contributed by atoms with Crippen LogP contribution in [0.15, 0.2) is 227 Å². The van der Waals surface area contributed by atoms with Crippen molar-refractivity contribution in [1.82, 2.24) is 0 Å². The average Bonchev–Trinajstić information content (AvgIpc) is 3.81. The van der Waals surface area contributed by atoms with E-state index in [2.05, 4.69) is 200 Å². The fourth-order valence-corrected chi connectivity index (χ4v) is 11.2. The molecule has 0 nitrogen and oxygen atoms in total. The second-order valence-corrected chi connectivity index (χ2v) is 15.9. The van der Waals surface area contributed by atoms with Gasteiger partial charge in [-0.15, -0.1) is 53.4 Å². The molecular weight excluding hydrogens is 740 g/mol. The number of allylic oxidation sites excluding steroid dienone is 14. The summed E-state index contributed by atoms with van der Waals surface area (Å²) in [6, 6.07) is 51.8. The molecule has 0 bridgehead atoms. The van der Waals surface area contributed by atoms with Crippen molar-refractivity contribution in [3.8, 4) is 0 Å². The topological polar surface area (TPSA) is 0 Å². The Morgan fingerprint density at radius 3 is 1.57 bits per heavy atom. The van der Waals surface area contributed by atoms with Gasteiger partial charge in [0.15, 0.2) is 0 Å². The molecule has 0 aromatic heterocycles. The van der Waals surface area contributed by atoms with E-state index in [0.717, 1.165) is 10.6 Å². The molecule has 0 spiro atoms. The monoisotopic (exact) mass is 772 g/mol. The van der Waals surface area contributed by atoms with E-state index in [0.29, 0.717) is 0 Å². The molecule has 49 heavy (non-hydrogen) atoms. The zero-order valence-electron chi connectivity index (χ0n) is 26.5. The summed E-state index contributed by atoms with van der Waals surface area (Å²) in [5.74, 6) is 1.24. The van der Waals surface area contributed by atoms with Crippen molar-refractivity contribution >= 4 is 54.0 Å². The Bertz CT molecular complexity index is 1950. The molecule has 244 valence electrons. The summed E-state index contributed by atoms with van der Waals surface area (Å²) >= 11 is 6.81. The first-order valence-corrected chi connectivity index (χ1v) is 18.8. The minimum Gasteiger partial charge on any atom is -0.213 e. The van der Waals surface area contributed by atoms with Gasteiger partial charge in [0.2, 0.25) is 0 Å². The van der Waals surface area contributed by atoms with Gasteiger partial charge in [-0.05, 0) is 54.0 Å². The molecule has 5 aromatic rings. The van der Waals surface area contributed by atoms with Gasteiger partial charge >= 0.3 is 17.1 Å². The van der Waals surface area contributed by atoms with Crippen LogP contribution >= 0.6 is 27.4 Å². The summed E-state index contributed by atoms with van der Waals surface area (Å²) in [5, 5.41) is 9.02. The Morgan fingerprint density at radius 1 is 0.531 bits per heavy atom. The molecule has 0 N–H and O–H groups in total. The third-order valence-electron chi connectivity index (χ3n) is 8.14. The molecule has 0 heterocycles. The van der Waals surface area contributed by atoms with Crippen LogP contribution in [0.4, 0.5) is 0 Å². The van der Waals surface area contributed by atoms with Crippen LogP contribution in [0.2, 0.25) is 0 Å². The van der Waals surface area contributed by atoms with Gasteiger partial charge in [-0.25, -0.2) is 12.1 Å². The zero-order chi connectivity index (χ0) is 31.8. The van der Waals surface area contributed by atoms with Gasteiger partial charge in [-0.3, -0.25) is 0 Å². The molecule has 0 aliphatic heterocycles. The smallest absolute Gasteiger partial charge is 0.213 e. The molecule has 0 atom stereocenters. The maximum atomic E-state index is 6.81. The summed E-state index contributed by atoms with van der Waals surface area (Å²) in [5.41, 5.74) is 3.59. The SMILES string of the molecule is ClC1=CC=C(P(c2ccccc2)c2ccccc2)C1=C1C=CC=C2C=CC=C[C-]21.[Fe+2].[Ni].c1ccc(P(c2ccccc2)c2ccc[cH-]2)cc1. The molecule has 3 aliphatic rings. The van der Waals surface area contributed by atoms with Gasteiger partial charge in [0, 0.05) is 21.5 Å². The quantitative estimate of drug-likeness (QED) is 0.0917. The van der Waals surface area contributed by atoms with E-state index in [1.165, 1.54) is 48.9 Å². The second kappa shape index (κ2) is 17.9. The summed E-state index contributed by atoms with van der Waals surface area (Å²) in [6.07, 6.45) is 19.3. The van der Waals surface area contributed by atoms with Crippen LogP contribution in [0.5, 0.6) is 0 Å². The summed E-state index contributed by atoms with van der Waals surface area (Å²) in [4.78, 5) is 0. The van der Waals surface area contributed by atoms with E-state index in [-0.39, 0.29) is 33.6 Å². The molecule has 0 unspecified atom stereocenters. The molecule has 5 heteroatoms. The van der Waals surface area contributed by atoms with Crippen molar-refractivity contribution in [2.24, 2.45) is 0 Å². The fraction of sp³-hybridized carbons (Fsp3) is 0. The van der Waals surface area contributed by atoms with Crippen molar-refractivity contribution < 1.29 is 33.6 Å². The molecule has 0 saturated heterocycles. The number of halogens is 1. The second-order valence-electron chi connectivity index (χ2n) is 11.1. The van der Waals surface area contributed by atoms with Crippen molar-refractivity contribution in [2.75, 3.05) is 0 Å². The van der Waals surface area contributed by atoms with Gasteiger partial charge in [0.1, 0.15) is 0 Å². The molecular formula is C44H33ClFeNiP2. The first kappa shape index (κ1) is 36.7. The Hall–Kier alpha value is -3.56. The number of fused-ring (bicyclic) bond motifs is 1. The minimum absolute atomic E-state index is 0. The normalized spacial score (nSPS) is 15.7. The van der Waals surface area contributed by atoms with Crippen molar-refractivity contribution in [2.45, 2.75) is 0 Å². The zero-order valence-corrected chi connectivity index (χ0v) is 31.1. The third-order valence-corrected chi connectivity index (χ3v) is 13.4. The number of rotatable bonds is 6. The number of hydrogen-bond donors (Lipinski definition) is 0. The summed E-state index contributed by atoms with van der Waals surface area (Å²) < 4.78 is 0. The molecule has 0 radical (unpaired) electrons. The van der Waals surface area contributed by atoms with Crippen molar-refractivity contribution in [3.05, 3.63) is 233 Å². The van der Waals surface area contributed by atoms with E-state index >= 15 is 0 Å². The molecule has 0 fully saturated rings. The fourth-order valence-electron chi connectivity index (χ4n) is 6.03. The van der Waals surface area contributed by atoms with Crippen molar-refractivity contribution in [3.63, 3.8) is 0 Å². The first-order valence-electron chi connectivity index (χ1n) is 15.7. The minimum atomic E-state index is -0.709. The van der Waals surface area contributed by atoms with Gasteiger partial charge < -0.3 is 0 Å². The third kappa shape index (κ3) is 8.43. The van der Waals surface area contributed by atoms with Crippen LogP contribution in [-0.2, 0) is 33.6 Å². The maximum absolute atomic E-state index is 6.81. The Kier molecular flexibility index (Phi) is 13.4. The first-order chi connectivity index (χ1) is 23.3. The van der Waals surface area contributed by atoms with Gasteiger partial charge in [0.05, 0.1) is 0 Å². The Labute approximate surface area is 318 Å². The van der Waals surface area contributed by atoms with Crippen LogP contribution in [-0.4, -0.2) is 0 Å². The van der Waals surface area contributed by atoms with Crippen molar-refractivity contribution in [1.29, 1.82) is 0 Å². The molecule has 0 saturated carbocycles. The largest absolute Gasteiger partial charge is 2.00 e. The predicted molar refractivity (Wildman–Crippen MR) is 208 cm³/mol. The van der Waals surface area contributed by atoms with Crippen LogP contribution in [0.3, 0.4) is 0 Å². The van der Waals surface area contributed by atoms with E-state index < -0.39 is 15.8 Å². The number of benzene rings is 4. The molecule has 5 aromatic carbocycles. The summed E-state index contributed by atoms with van der Waals surface area (Å²) in [7, 11) is -1.12. The maximum Gasteiger partial charge on any atom is 2.00 e. The van der Waals surface area contributed by atoms with Crippen LogP contribution in [0.1, 0.15) is 0 Å². The molecule has 8 rings (SSSR count). The Morgan fingerprint density at radius 2 is 1.06 bits per heavy atom. The summed E-state index contributed by atoms with van der Waals surface area (Å²) in [6.45, 7) is 0. The Balaban J connectivity index is 0.000000203. The molecule has 3 aliphatic carbocycles. The van der Waals surface area contributed by atoms with E-state index in [1.54, 1.807) is 0 Å². The van der Waals surface area contributed by atoms with E-state index in [9.17, 15) is 0 Å². The standard InChI is InChI=1S/C27H19ClP.C17H14P.Fe.Ni/c28-25-18-19-26(27(25)24-17-9-11-20-10-7-8-16-23(20)24)29(21-12-3-1-4-13-21)22-14-5-2-6-15-22;1-3-9-15(10-4-1)18(17-13-7-8-14-17)16-11-5-2-6-12-16;;/h1-19H;1-14H;;/q2*-1;+2;. The van der Waals surface area contributed by atoms with Crippen LogP contribution in [0.25, 0.3) is 0 Å². The van der Waals surface area contributed by atoms with Crippen LogP contribution in [0, 0.1) is 5.92 Å².